The number of β-amino-alcohol motifs (C(OH)–C–C–N with tert-alkyl or cyclic N) is 1. The van der Waals surface area contributed by atoms with E-state index < -0.39 is 5.60 Å². The summed E-state index contributed by atoms with van der Waals surface area (Å²) in [6, 6.07) is 7.13. The Morgan fingerprint density at radius 3 is 2.53 bits per heavy atom. The maximum absolute atomic E-state index is 9.97. The van der Waals surface area contributed by atoms with Crippen LogP contribution in [0.15, 0.2) is 24.3 Å². The number of aromatic hydroxyl groups is 1. The first-order valence-corrected chi connectivity index (χ1v) is 5.33. The Kier molecular flexibility index (Phi) is 2.57. The van der Waals surface area contributed by atoms with Gasteiger partial charge >= 0.3 is 0 Å². The predicted molar refractivity (Wildman–Crippen MR) is 60.2 cm³/mol. The number of anilines is 1. The second-order valence-corrected chi connectivity index (χ2v) is 4.54. The molecule has 3 heteroatoms. The highest BCUT2D eigenvalue weighted by molar-refractivity contribution is 5.49. The number of phenols is 1. The van der Waals surface area contributed by atoms with E-state index in [9.17, 15) is 10.2 Å². The molecule has 0 aromatic heterocycles. The molecule has 1 unspecified atom stereocenters. The van der Waals surface area contributed by atoms with Gasteiger partial charge in [0.15, 0.2) is 0 Å². The lowest BCUT2D eigenvalue weighted by molar-refractivity contribution is 0.0449. The fraction of sp³-hybridized carbons (Fsp3) is 0.500. The quantitative estimate of drug-likeness (QED) is 0.737. The molecular formula is C12H17NO2. The van der Waals surface area contributed by atoms with Crippen molar-refractivity contribution in [3.8, 4) is 5.75 Å². The zero-order valence-corrected chi connectivity index (χ0v) is 8.98. The third-order valence-corrected chi connectivity index (χ3v) is 2.89. The SMILES string of the molecule is CC1(O)CCCN(c2ccc(O)cc2)C1. The van der Waals surface area contributed by atoms with Gasteiger partial charge in [-0.1, -0.05) is 0 Å². The van der Waals surface area contributed by atoms with Crippen LogP contribution in [0.3, 0.4) is 0 Å². The molecule has 15 heavy (non-hydrogen) atoms. The van der Waals surface area contributed by atoms with Gasteiger partial charge in [-0.2, -0.15) is 0 Å². The molecule has 0 saturated carbocycles. The number of rotatable bonds is 1. The maximum Gasteiger partial charge on any atom is 0.115 e. The van der Waals surface area contributed by atoms with Crippen molar-refractivity contribution < 1.29 is 10.2 Å². The fourth-order valence-electron chi connectivity index (χ4n) is 2.10. The third kappa shape index (κ3) is 2.42. The Labute approximate surface area is 90.0 Å². The molecule has 1 heterocycles. The third-order valence-electron chi connectivity index (χ3n) is 2.89. The van der Waals surface area contributed by atoms with E-state index in [1.807, 2.05) is 19.1 Å². The maximum atomic E-state index is 9.97. The van der Waals surface area contributed by atoms with Crippen molar-refractivity contribution in [3.05, 3.63) is 24.3 Å². The number of nitrogens with zero attached hydrogens (tertiary/aromatic N) is 1. The van der Waals surface area contributed by atoms with Gasteiger partial charge in [-0.05, 0) is 44.0 Å². The molecule has 0 aliphatic carbocycles. The molecule has 0 amide bonds. The van der Waals surface area contributed by atoms with Crippen LogP contribution in [-0.4, -0.2) is 28.9 Å². The zero-order valence-electron chi connectivity index (χ0n) is 8.98. The molecule has 0 bridgehead atoms. The molecule has 1 aliphatic rings. The minimum atomic E-state index is -0.587. The summed E-state index contributed by atoms with van der Waals surface area (Å²) in [6.45, 7) is 3.51. The standard InChI is InChI=1S/C12H17NO2/c1-12(15)7-2-8-13(9-12)10-3-5-11(14)6-4-10/h3-6,14-15H,2,7-9H2,1H3. The number of hydrogen-bond donors (Lipinski definition) is 2. The van der Waals surface area contributed by atoms with Crippen LogP contribution >= 0.6 is 0 Å². The molecule has 2 rings (SSSR count). The number of piperidine rings is 1. The largest absolute Gasteiger partial charge is 0.508 e. The summed E-state index contributed by atoms with van der Waals surface area (Å²) in [5.74, 6) is 0.280. The average Bonchev–Trinajstić information content (AvgIpc) is 2.17. The Balaban J connectivity index is 2.13. The number of phenolic OH excluding ortho intramolecular Hbond substituents is 1. The molecule has 1 aromatic rings. The van der Waals surface area contributed by atoms with Crippen molar-refractivity contribution in [3.63, 3.8) is 0 Å². The van der Waals surface area contributed by atoms with E-state index >= 15 is 0 Å². The lowest BCUT2D eigenvalue weighted by Crippen LogP contribution is -2.46. The molecule has 82 valence electrons. The van der Waals surface area contributed by atoms with E-state index in [2.05, 4.69) is 4.90 Å². The van der Waals surface area contributed by atoms with Crippen molar-refractivity contribution >= 4 is 5.69 Å². The molecule has 2 N–H and O–H groups in total. The van der Waals surface area contributed by atoms with E-state index in [0.29, 0.717) is 6.54 Å². The summed E-state index contributed by atoms with van der Waals surface area (Å²) in [5, 5.41) is 19.2. The van der Waals surface area contributed by atoms with Crippen molar-refractivity contribution in [1.29, 1.82) is 0 Å². The molecule has 0 radical (unpaired) electrons. The summed E-state index contributed by atoms with van der Waals surface area (Å²) >= 11 is 0. The highest BCUT2D eigenvalue weighted by atomic mass is 16.3. The zero-order chi connectivity index (χ0) is 10.9. The molecule has 0 spiro atoms. The van der Waals surface area contributed by atoms with Gasteiger partial charge in [-0.3, -0.25) is 0 Å². The van der Waals surface area contributed by atoms with Gasteiger partial charge in [0.1, 0.15) is 5.75 Å². The van der Waals surface area contributed by atoms with E-state index in [0.717, 1.165) is 25.1 Å². The van der Waals surface area contributed by atoms with Gasteiger partial charge in [-0.15, -0.1) is 0 Å². The fourth-order valence-corrected chi connectivity index (χ4v) is 2.10. The summed E-state index contributed by atoms with van der Waals surface area (Å²) in [5.41, 5.74) is 0.476. The van der Waals surface area contributed by atoms with E-state index in [1.54, 1.807) is 12.1 Å². The number of benzene rings is 1. The predicted octanol–water partition coefficient (Wildman–Crippen LogP) is 1.74. The Morgan fingerprint density at radius 1 is 1.27 bits per heavy atom. The van der Waals surface area contributed by atoms with Crippen molar-refractivity contribution in [2.24, 2.45) is 0 Å². The number of hydrogen-bond acceptors (Lipinski definition) is 3. The van der Waals surface area contributed by atoms with Crippen LogP contribution in [0.4, 0.5) is 5.69 Å². The highest BCUT2D eigenvalue weighted by Gasteiger charge is 2.28. The topological polar surface area (TPSA) is 43.7 Å². The van der Waals surface area contributed by atoms with Gasteiger partial charge in [0.25, 0.3) is 0 Å². The normalized spacial score (nSPS) is 26.7. The Bertz CT molecular complexity index is 332. The van der Waals surface area contributed by atoms with Crippen LogP contribution in [-0.2, 0) is 0 Å². The molecular weight excluding hydrogens is 190 g/mol. The average molecular weight is 207 g/mol. The van der Waals surface area contributed by atoms with Crippen LogP contribution in [0.2, 0.25) is 0 Å². The summed E-state index contributed by atoms with van der Waals surface area (Å²) in [6.07, 6.45) is 1.87. The molecule has 1 fully saturated rings. The second-order valence-electron chi connectivity index (χ2n) is 4.54. The van der Waals surface area contributed by atoms with Crippen LogP contribution in [0.5, 0.6) is 5.75 Å². The lowest BCUT2D eigenvalue weighted by atomic mass is 9.95. The molecule has 1 saturated heterocycles. The van der Waals surface area contributed by atoms with E-state index in [1.165, 1.54) is 0 Å². The lowest BCUT2D eigenvalue weighted by Gasteiger charge is -2.38. The van der Waals surface area contributed by atoms with E-state index in [4.69, 9.17) is 0 Å². The van der Waals surface area contributed by atoms with Gasteiger partial charge < -0.3 is 15.1 Å². The van der Waals surface area contributed by atoms with Crippen molar-refractivity contribution in [1.82, 2.24) is 0 Å². The van der Waals surface area contributed by atoms with Crippen LogP contribution in [0, 0.1) is 0 Å². The van der Waals surface area contributed by atoms with Crippen LogP contribution < -0.4 is 4.90 Å². The van der Waals surface area contributed by atoms with Gasteiger partial charge in [0.05, 0.1) is 5.60 Å². The van der Waals surface area contributed by atoms with Crippen LogP contribution in [0.1, 0.15) is 19.8 Å². The molecule has 1 atom stereocenters. The Morgan fingerprint density at radius 2 is 1.93 bits per heavy atom. The van der Waals surface area contributed by atoms with Crippen molar-refractivity contribution in [2.45, 2.75) is 25.4 Å². The molecule has 3 nitrogen and oxygen atoms in total. The smallest absolute Gasteiger partial charge is 0.115 e. The van der Waals surface area contributed by atoms with E-state index in [-0.39, 0.29) is 5.75 Å². The summed E-state index contributed by atoms with van der Waals surface area (Å²) in [4.78, 5) is 2.16. The summed E-state index contributed by atoms with van der Waals surface area (Å²) < 4.78 is 0. The number of aliphatic hydroxyl groups is 1. The summed E-state index contributed by atoms with van der Waals surface area (Å²) in [7, 11) is 0. The first-order chi connectivity index (χ1) is 7.07. The monoisotopic (exact) mass is 207 g/mol. The van der Waals surface area contributed by atoms with Crippen LogP contribution in [0.25, 0.3) is 0 Å². The van der Waals surface area contributed by atoms with Gasteiger partial charge in [0, 0.05) is 18.8 Å². The molecule has 1 aliphatic heterocycles. The highest BCUT2D eigenvalue weighted by Crippen LogP contribution is 2.26. The van der Waals surface area contributed by atoms with Gasteiger partial charge in [0.2, 0.25) is 0 Å². The minimum absolute atomic E-state index is 0.280. The Hall–Kier alpha value is -1.22. The second kappa shape index (κ2) is 3.74. The minimum Gasteiger partial charge on any atom is -0.508 e. The molecule has 1 aromatic carbocycles. The van der Waals surface area contributed by atoms with Crippen molar-refractivity contribution in [2.75, 3.05) is 18.0 Å². The first kappa shape index (κ1) is 10.3. The first-order valence-electron chi connectivity index (χ1n) is 5.33. The van der Waals surface area contributed by atoms with Gasteiger partial charge in [-0.25, -0.2) is 0 Å².